The van der Waals surface area contributed by atoms with Gasteiger partial charge in [0.25, 0.3) is 0 Å². The normalized spacial score (nSPS) is 18.4. The van der Waals surface area contributed by atoms with Crippen LogP contribution in [0.5, 0.6) is 0 Å². The van der Waals surface area contributed by atoms with Crippen molar-refractivity contribution in [1.82, 2.24) is 10.2 Å². The third-order valence-corrected chi connectivity index (χ3v) is 3.82. The predicted octanol–water partition coefficient (Wildman–Crippen LogP) is 0.813. The van der Waals surface area contributed by atoms with Crippen LogP contribution in [0.3, 0.4) is 0 Å². The van der Waals surface area contributed by atoms with Crippen LogP contribution < -0.4 is 5.32 Å². The molecule has 0 saturated carbocycles. The number of amides is 1. The summed E-state index contributed by atoms with van der Waals surface area (Å²) in [7, 11) is 0. The second-order valence-electron chi connectivity index (χ2n) is 5.68. The topological polar surface area (TPSA) is 72.8 Å². The van der Waals surface area contributed by atoms with Gasteiger partial charge < -0.3 is 15.5 Å². The molecule has 2 unspecified atom stereocenters. The maximum absolute atomic E-state index is 10.8. The molecule has 1 fully saturated rings. The molecule has 1 saturated heterocycles. The zero-order valence-electron chi connectivity index (χ0n) is 12.5. The Hall–Kier alpha value is -1.43. The monoisotopic (exact) mass is 292 g/mol. The van der Waals surface area contributed by atoms with Crippen molar-refractivity contribution in [3.63, 3.8) is 0 Å². The van der Waals surface area contributed by atoms with Crippen LogP contribution in [0, 0.1) is 0 Å². The van der Waals surface area contributed by atoms with Gasteiger partial charge in [0, 0.05) is 20.0 Å². The Kier molecular flexibility index (Phi) is 5.73. The van der Waals surface area contributed by atoms with Crippen LogP contribution in [0.2, 0.25) is 0 Å². The van der Waals surface area contributed by atoms with E-state index >= 15 is 0 Å². The van der Waals surface area contributed by atoms with E-state index in [1.54, 1.807) is 6.07 Å². The summed E-state index contributed by atoms with van der Waals surface area (Å²) in [5.74, 6) is -0.218. The van der Waals surface area contributed by atoms with E-state index < -0.39 is 12.2 Å². The van der Waals surface area contributed by atoms with Crippen molar-refractivity contribution in [3.8, 4) is 0 Å². The Bertz CT molecular complexity index is 472. The van der Waals surface area contributed by atoms with Crippen LogP contribution in [0.1, 0.15) is 37.0 Å². The number of likely N-dealkylation sites (tertiary alicyclic amines) is 1. The zero-order valence-corrected chi connectivity index (χ0v) is 12.5. The van der Waals surface area contributed by atoms with Crippen LogP contribution in [0.4, 0.5) is 0 Å². The minimum absolute atomic E-state index is 0.0485. The Morgan fingerprint density at radius 1 is 1.33 bits per heavy atom. The number of rotatable bonds is 6. The molecule has 0 radical (unpaired) electrons. The summed E-state index contributed by atoms with van der Waals surface area (Å²) in [5, 5.41) is 22.6. The van der Waals surface area contributed by atoms with E-state index in [1.165, 1.54) is 19.8 Å². The van der Waals surface area contributed by atoms with Gasteiger partial charge in [-0.2, -0.15) is 0 Å². The summed E-state index contributed by atoms with van der Waals surface area (Å²) in [6, 6.07) is 7.67. The Morgan fingerprint density at radius 2 is 2.05 bits per heavy atom. The molecular weight excluding hydrogens is 268 g/mol. The summed E-state index contributed by atoms with van der Waals surface area (Å²) < 4.78 is 0. The van der Waals surface area contributed by atoms with Crippen LogP contribution in [-0.4, -0.2) is 46.8 Å². The largest absolute Gasteiger partial charge is 0.388 e. The molecule has 1 amide bonds. The van der Waals surface area contributed by atoms with Gasteiger partial charge in [-0.3, -0.25) is 9.69 Å². The molecule has 1 heterocycles. The van der Waals surface area contributed by atoms with Gasteiger partial charge in [-0.1, -0.05) is 24.3 Å². The van der Waals surface area contributed by atoms with E-state index in [2.05, 4.69) is 10.2 Å². The summed E-state index contributed by atoms with van der Waals surface area (Å²) >= 11 is 0. The number of carbonyl (C=O) groups excluding carboxylic acids is 1. The fraction of sp³-hybridized carbons (Fsp3) is 0.562. The lowest BCUT2D eigenvalue weighted by molar-refractivity contribution is -0.119. The average molecular weight is 292 g/mol. The standard InChI is InChI=1S/C16H24N2O3/c1-12(19)17-10-15(20)16(21)14-6-4-5-13(9-14)11-18-7-2-3-8-18/h4-6,9,15-16,20-21H,2-3,7-8,10-11H2,1H3,(H,17,19). The summed E-state index contributed by atoms with van der Waals surface area (Å²) in [4.78, 5) is 13.2. The Balaban J connectivity index is 1.96. The van der Waals surface area contributed by atoms with Crippen molar-refractivity contribution in [1.29, 1.82) is 0 Å². The summed E-state index contributed by atoms with van der Waals surface area (Å²) in [5.41, 5.74) is 1.82. The molecule has 0 spiro atoms. The number of nitrogens with one attached hydrogen (secondary N) is 1. The van der Waals surface area contributed by atoms with Gasteiger partial charge in [-0.15, -0.1) is 0 Å². The van der Waals surface area contributed by atoms with Gasteiger partial charge in [0.2, 0.25) is 5.91 Å². The fourth-order valence-corrected chi connectivity index (χ4v) is 2.66. The molecule has 0 bridgehead atoms. The minimum Gasteiger partial charge on any atom is -0.388 e. The van der Waals surface area contributed by atoms with E-state index in [9.17, 15) is 15.0 Å². The van der Waals surface area contributed by atoms with Gasteiger partial charge in [0.05, 0.1) is 0 Å². The molecule has 1 aliphatic heterocycles. The molecule has 5 heteroatoms. The Morgan fingerprint density at radius 3 is 2.71 bits per heavy atom. The van der Waals surface area contributed by atoms with Gasteiger partial charge in [0.15, 0.2) is 0 Å². The quantitative estimate of drug-likeness (QED) is 0.725. The van der Waals surface area contributed by atoms with E-state index in [0.29, 0.717) is 5.56 Å². The molecule has 1 aliphatic rings. The van der Waals surface area contributed by atoms with E-state index in [1.807, 2.05) is 18.2 Å². The van der Waals surface area contributed by atoms with Crippen molar-refractivity contribution >= 4 is 5.91 Å². The molecule has 21 heavy (non-hydrogen) atoms. The predicted molar refractivity (Wildman–Crippen MR) is 80.6 cm³/mol. The van der Waals surface area contributed by atoms with E-state index in [-0.39, 0.29) is 12.5 Å². The lowest BCUT2D eigenvalue weighted by atomic mass is 10.0. The first-order valence-electron chi connectivity index (χ1n) is 7.48. The van der Waals surface area contributed by atoms with Crippen molar-refractivity contribution in [2.75, 3.05) is 19.6 Å². The van der Waals surface area contributed by atoms with Crippen molar-refractivity contribution in [2.45, 2.75) is 38.5 Å². The van der Waals surface area contributed by atoms with Crippen LogP contribution in [0.15, 0.2) is 24.3 Å². The summed E-state index contributed by atoms with van der Waals surface area (Å²) in [6.07, 6.45) is 0.501. The second-order valence-corrected chi connectivity index (χ2v) is 5.68. The van der Waals surface area contributed by atoms with Crippen LogP contribution in [-0.2, 0) is 11.3 Å². The smallest absolute Gasteiger partial charge is 0.216 e. The number of hydrogen-bond acceptors (Lipinski definition) is 4. The number of aliphatic hydroxyl groups is 2. The van der Waals surface area contributed by atoms with Gasteiger partial charge in [0.1, 0.15) is 12.2 Å². The fourth-order valence-electron chi connectivity index (χ4n) is 2.66. The molecule has 1 aromatic rings. The third kappa shape index (κ3) is 4.81. The molecule has 0 aliphatic carbocycles. The van der Waals surface area contributed by atoms with Gasteiger partial charge >= 0.3 is 0 Å². The highest BCUT2D eigenvalue weighted by Crippen LogP contribution is 2.20. The maximum Gasteiger partial charge on any atom is 0.216 e. The van der Waals surface area contributed by atoms with E-state index in [4.69, 9.17) is 0 Å². The first-order valence-corrected chi connectivity index (χ1v) is 7.48. The first-order chi connectivity index (χ1) is 10.1. The molecule has 0 aromatic heterocycles. The zero-order chi connectivity index (χ0) is 15.2. The van der Waals surface area contributed by atoms with Crippen LogP contribution in [0.25, 0.3) is 0 Å². The molecular formula is C16H24N2O3. The van der Waals surface area contributed by atoms with E-state index in [0.717, 1.165) is 25.2 Å². The van der Waals surface area contributed by atoms with Gasteiger partial charge in [-0.25, -0.2) is 0 Å². The van der Waals surface area contributed by atoms with Crippen molar-refractivity contribution in [3.05, 3.63) is 35.4 Å². The van der Waals surface area contributed by atoms with Crippen molar-refractivity contribution in [2.24, 2.45) is 0 Å². The molecule has 5 nitrogen and oxygen atoms in total. The lowest BCUT2D eigenvalue weighted by Crippen LogP contribution is -2.34. The number of hydrogen-bond donors (Lipinski definition) is 3. The average Bonchev–Trinajstić information content (AvgIpc) is 2.97. The second kappa shape index (κ2) is 7.54. The lowest BCUT2D eigenvalue weighted by Gasteiger charge is -2.20. The highest BCUT2D eigenvalue weighted by molar-refractivity contribution is 5.72. The molecule has 2 rings (SSSR count). The first kappa shape index (κ1) is 15.9. The van der Waals surface area contributed by atoms with Gasteiger partial charge in [-0.05, 0) is 37.1 Å². The number of benzene rings is 1. The highest BCUT2D eigenvalue weighted by atomic mass is 16.3. The molecule has 1 aromatic carbocycles. The van der Waals surface area contributed by atoms with Crippen molar-refractivity contribution < 1.29 is 15.0 Å². The third-order valence-electron chi connectivity index (χ3n) is 3.82. The minimum atomic E-state index is -1.00. The molecule has 2 atom stereocenters. The summed E-state index contributed by atoms with van der Waals surface area (Å²) in [6.45, 7) is 4.56. The maximum atomic E-state index is 10.8. The highest BCUT2D eigenvalue weighted by Gasteiger charge is 2.19. The van der Waals surface area contributed by atoms with Crippen LogP contribution >= 0.6 is 0 Å². The Labute approximate surface area is 125 Å². The molecule has 3 N–H and O–H groups in total. The number of nitrogens with zero attached hydrogens (tertiary/aromatic N) is 1. The SMILES string of the molecule is CC(=O)NCC(O)C(O)c1cccc(CN2CCCC2)c1. The number of aliphatic hydroxyl groups excluding tert-OH is 2. The number of carbonyl (C=O) groups is 1. The molecule has 116 valence electrons.